The summed E-state index contributed by atoms with van der Waals surface area (Å²) in [6, 6.07) is 5.75. The third-order valence-electron chi connectivity index (χ3n) is 6.85. The Labute approximate surface area is 257 Å². The highest BCUT2D eigenvalue weighted by Crippen LogP contribution is 2.36. The first kappa shape index (κ1) is 38.1. The molecule has 0 saturated heterocycles. The summed E-state index contributed by atoms with van der Waals surface area (Å²) in [5, 5.41) is 6.79. The highest BCUT2D eigenvalue weighted by Gasteiger charge is 2.23. The first-order valence-corrected chi connectivity index (χ1v) is 14.9. The van der Waals surface area contributed by atoms with E-state index in [4.69, 9.17) is 7.85 Å². The minimum atomic E-state index is -2.12. The van der Waals surface area contributed by atoms with Crippen molar-refractivity contribution in [2.24, 2.45) is 10.4 Å². The first-order chi connectivity index (χ1) is 20.1. The molecule has 5 nitrogen and oxygen atoms in total. The molecule has 0 amide bonds. The summed E-state index contributed by atoms with van der Waals surface area (Å²) < 4.78 is 47.6. The Hall–Kier alpha value is -2.91. The second kappa shape index (κ2) is 17.4. The van der Waals surface area contributed by atoms with Crippen LogP contribution in [0.15, 0.2) is 29.4 Å². The number of aryl methyl sites for hydroxylation is 1. The molecule has 1 fully saturated rings. The lowest BCUT2D eigenvalue weighted by Crippen LogP contribution is -2.14. The largest absolute Gasteiger partial charge is 0.356 e. The summed E-state index contributed by atoms with van der Waals surface area (Å²) in [5.74, 6) is 0.0774. The van der Waals surface area contributed by atoms with Crippen LogP contribution < -0.4 is 5.32 Å². The number of hydrogen-bond donors (Lipinski definition) is 1. The van der Waals surface area contributed by atoms with Gasteiger partial charge >= 0.3 is 0 Å². The third-order valence-corrected chi connectivity index (χ3v) is 6.85. The Morgan fingerprint density at radius 2 is 1.72 bits per heavy atom. The lowest BCUT2D eigenvalue weighted by molar-refractivity contribution is 0.144. The van der Waals surface area contributed by atoms with Gasteiger partial charge in [-0.1, -0.05) is 65.3 Å². The van der Waals surface area contributed by atoms with Crippen molar-refractivity contribution in [1.29, 1.82) is 0 Å². The molecule has 0 unspecified atom stereocenters. The van der Waals surface area contributed by atoms with Gasteiger partial charge in [0.25, 0.3) is 0 Å². The van der Waals surface area contributed by atoms with Gasteiger partial charge in [0, 0.05) is 24.7 Å². The molecule has 2 heterocycles. The molecule has 1 aliphatic carbocycles. The Balaban J connectivity index is 0.000000507. The summed E-state index contributed by atoms with van der Waals surface area (Å²) in [6.07, 6.45) is 7.04. The Bertz CT molecular complexity index is 1300. The Kier molecular flexibility index (Phi) is 15.4. The highest BCUT2D eigenvalue weighted by atomic mass is 19.3. The molecule has 3 aromatic rings. The zero-order valence-corrected chi connectivity index (χ0v) is 27.7. The van der Waals surface area contributed by atoms with E-state index >= 15 is 4.39 Å². The molecule has 1 aliphatic rings. The van der Waals surface area contributed by atoms with Crippen LogP contribution in [0.2, 0.25) is 5.31 Å². The van der Waals surface area contributed by atoms with E-state index in [0.29, 0.717) is 41.7 Å². The van der Waals surface area contributed by atoms with Crippen LogP contribution in [0.25, 0.3) is 16.6 Å². The number of nitrogens with zero attached hydrogens (tertiary/aromatic N) is 4. The zero-order valence-electron chi connectivity index (χ0n) is 27.7. The van der Waals surface area contributed by atoms with Crippen LogP contribution in [0.4, 0.5) is 29.2 Å². The molecule has 2 radical (unpaired) electrons. The first-order valence-electron chi connectivity index (χ1n) is 14.9. The average molecular weight is 604 g/mol. The standard InChI is InChI=1S/C21H25BFN5.C8H16.C3H6F2.CH3F/c1-12(2)25-16-8-7-14(9-13(16)3)18-15(23)11-28-19(18)17(10-21(4,5)22)26-20(24-6)27-28;1-8(2)6-4-3-5-7-8;1-2-3(4)5;1-2/h7-9,11H,10H2,1-6H3,(H,24,27);3-7H2,1-2H3;3H,2H2,1H3;1H3. The van der Waals surface area contributed by atoms with Crippen LogP contribution in [0.3, 0.4) is 0 Å². The van der Waals surface area contributed by atoms with Gasteiger partial charge in [-0.15, -0.1) is 5.10 Å². The van der Waals surface area contributed by atoms with Crippen molar-refractivity contribution in [2.75, 3.05) is 19.5 Å². The topological polar surface area (TPSA) is 54.6 Å². The van der Waals surface area contributed by atoms with E-state index in [1.807, 2.05) is 52.8 Å². The fourth-order valence-corrected chi connectivity index (χ4v) is 4.75. The third kappa shape index (κ3) is 12.7. The maximum atomic E-state index is 15.0. The fraction of sp³-hybridized carbons (Fsp3) is 0.606. The number of rotatable bonds is 6. The molecule has 2 aromatic heterocycles. The lowest BCUT2D eigenvalue weighted by Gasteiger charge is -2.28. The second-order valence-corrected chi connectivity index (χ2v) is 12.5. The number of hydrogen-bond acceptors (Lipinski definition) is 4. The Morgan fingerprint density at radius 3 is 2.14 bits per heavy atom. The average Bonchev–Trinajstić information content (AvgIpc) is 3.26. The SMILES string of the molecule is CC1(C)CCCCC1.CCC(F)F.CF.[B]C(C)(C)Cc1nc(NC)nn2cc(F)c(-c3ccc(N=C(C)C)c(C)c3)c12. The number of alkyl halides is 3. The van der Waals surface area contributed by atoms with Gasteiger partial charge in [0.1, 0.15) is 0 Å². The summed E-state index contributed by atoms with van der Waals surface area (Å²) in [7, 11) is 8.47. The summed E-state index contributed by atoms with van der Waals surface area (Å²) in [6.45, 7) is 15.9. The van der Waals surface area contributed by atoms with Crippen LogP contribution >= 0.6 is 0 Å². The van der Waals surface area contributed by atoms with Gasteiger partial charge in [0.2, 0.25) is 12.4 Å². The summed E-state index contributed by atoms with van der Waals surface area (Å²) >= 11 is 0. The van der Waals surface area contributed by atoms with Crippen molar-refractivity contribution in [1.82, 2.24) is 14.6 Å². The van der Waals surface area contributed by atoms with Crippen molar-refractivity contribution >= 4 is 30.7 Å². The number of aliphatic imine (C=N–C) groups is 1. The Morgan fingerprint density at radius 1 is 1.14 bits per heavy atom. The van der Waals surface area contributed by atoms with E-state index in [1.165, 1.54) is 45.2 Å². The molecule has 1 N–H and O–H groups in total. The monoisotopic (exact) mass is 603 g/mol. The van der Waals surface area contributed by atoms with E-state index in [2.05, 4.69) is 34.2 Å². The quantitative estimate of drug-likeness (QED) is 0.173. The number of nitrogens with one attached hydrogen (secondary N) is 1. The molecular weight excluding hydrogens is 553 g/mol. The number of aromatic nitrogens is 3. The maximum Gasteiger partial charge on any atom is 0.241 e. The predicted molar refractivity (Wildman–Crippen MR) is 175 cm³/mol. The van der Waals surface area contributed by atoms with E-state index in [9.17, 15) is 13.2 Å². The predicted octanol–water partition coefficient (Wildman–Crippen LogP) is 10.1. The number of fused-ring (bicyclic) bond motifs is 1. The van der Waals surface area contributed by atoms with E-state index in [-0.39, 0.29) is 12.2 Å². The van der Waals surface area contributed by atoms with E-state index in [1.54, 1.807) is 11.6 Å². The fourth-order valence-electron chi connectivity index (χ4n) is 4.75. The molecular formula is C33H50BF4N5. The molecule has 43 heavy (non-hydrogen) atoms. The molecule has 4 rings (SSSR count). The summed E-state index contributed by atoms with van der Waals surface area (Å²) in [5.41, 5.74) is 6.09. The van der Waals surface area contributed by atoms with Crippen molar-refractivity contribution < 1.29 is 17.6 Å². The van der Waals surface area contributed by atoms with Crippen molar-refractivity contribution in [3.63, 3.8) is 0 Å². The zero-order chi connectivity index (χ0) is 33.0. The van der Waals surface area contributed by atoms with E-state index < -0.39 is 11.7 Å². The van der Waals surface area contributed by atoms with Gasteiger partial charge in [0.05, 0.1) is 38.1 Å². The number of benzene rings is 1. The van der Waals surface area contributed by atoms with Gasteiger partial charge in [0.15, 0.2) is 5.82 Å². The second-order valence-electron chi connectivity index (χ2n) is 12.5. The van der Waals surface area contributed by atoms with Gasteiger partial charge < -0.3 is 5.32 Å². The number of halogens is 4. The van der Waals surface area contributed by atoms with Crippen LogP contribution in [-0.4, -0.2) is 48.8 Å². The smallest absolute Gasteiger partial charge is 0.241 e. The van der Waals surface area contributed by atoms with Gasteiger partial charge in [-0.3, -0.25) is 9.38 Å². The molecule has 1 saturated carbocycles. The van der Waals surface area contributed by atoms with Crippen LogP contribution in [-0.2, 0) is 6.42 Å². The normalized spacial score (nSPS) is 14.0. The molecule has 10 heteroatoms. The van der Waals surface area contributed by atoms with Gasteiger partial charge in [-0.05, 0) is 68.7 Å². The van der Waals surface area contributed by atoms with Crippen molar-refractivity contribution in [3.8, 4) is 11.1 Å². The van der Waals surface area contributed by atoms with Crippen LogP contribution in [0.1, 0.15) is 98.2 Å². The van der Waals surface area contributed by atoms with Gasteiger partial charge in [-0.2, -0.15) is 0 Å². The van der Waals surface area contributed by atoms with Crippen molar-refractivity contribution in [2.45, 2.75) is 112 Å². The van der Waals surface area contributed by atoms with Crippen molar-refractivity contribution in [3.05, 3.63) is 41.5 Å². The highest BCUT2D eigenvalue weighted by molar-refractivity contribution is 6.14. The van der Waals surface area contributed by atoms with Crippen LogP contribution in [0, 0.1) is 18.2 Å². The molecule has 0 spiro atoms. The lowest BCUT2D eigenvalue weighted by atomic mass is 9.69. The maximum absolute atomic E-state index is 15.0. The minimum absolute atomic E-state index is 0.0278. The molecule has 0 atom stereocenters. The molecule has 0 aliphatic heterocycles. The van der Waals surface area contributed by atoms with E-state index in [0.717, 1.165) is 22.5 Å². The van der Waals surface area contributed by atoms with Crippen LogP contribution in [0.5, 0.6) is 0 Å². The minimum Gasteiger partial charge on any atom is -0.356 e. The molecule has 1 aromatic carbocycles. The molecule has 238 valence electrons. The van der Waals surface area contributed by atoms with Gasteiger partial charge in [-0.25, -0.2) is 22.7 Å². The summed E-state index contributed by atoms with van der Waals surface area (Å²) in [4.78, 5) is 9.10. The number of anilines is 1. The molecule has 0 bridgehead atoms.